The Bertz CT molecular complexity index is 488. The summed E-state index contributed by atoms with van der Waals surface area (Å²) in [6.45, 7) is 0.218. The summed E-state index contributed by atoms with van der Waals surface area (Å²) in [5.74, 6) is 2.06. The summed E-state index contributed by atoms with van der Waals surface area (Å²) in [5.41, 5.74) is 0. The fourth-order valence-corrected chi connectivity index (χ4v) is 1.57. The van der Waals surface area contributed by atoms with E-state index in [1.54, 1.807) is 12.1 Å². The molecule has 0 saturated carbocycles. The minimum Gasteiger partial charge on any atom is -0.484 e. The first-order valence-electron chi connectivity index (χ1n) is 5.03. The van der Waals surface area contributed by atoms with Gasteiger partial charge >= 0.3 is 0 Å². The summed E-state index contributed by atoms with van der Waals surface area (Å²) in [7, 11) is 0. The van der Waals surface area contributed by atoms with Gasteiger partial charge in [-0.1, -0.05) is 17.7 Å². The van der Waals surface area contributed by atoms with Crippen molar-refractivity contribution in [2.75, 3.05) is 5.88 Å². The number of hydrogen-bond acceptors (Lipinski definition) is 4. The predicted molar refractivity (Wildman–Crippen MR) is 64.5 cm³/mol. The molecule has 0 fully saturated rings. The number of benzene rings is 1. The van der Waals surface area contributed by atoms with Crippen molar-refractivity contribution < 1.29 is 9.15 Å². The second kappa shape index (κ2) is 5.89. The highest BCUT2D eigenvalue weighted by Gasteiger charge is 2.06. The van der Waals surface area contributed by atoms with Gasteiger partial charge in [-0.05, 0) is 18.2 Å². The lowest BCUT2D eigenvalue weighted by atomic mass is 10.3. The van der Waals surface area contributed by atoms with Crippen LogP contribution < -0.4 is 4.74 Å². The lowest BCUT2D eigenvalue weighted by Gasteiger charge is -2.02. The molecule has 17 heavy (non-hydrogen) atoms. The van der Waals surface area contributed by atoms with E-state index in [0.29, 0.717) is 34.9 Å². The van der Waals surface area contributed by atoms with Crippen LogP contribution in [0, 0.1) is 0 Å². The fraction of sp³-hybridized carbons (Fsp3) is 0.273. The molecule has 1 heterocycles. The molecule has 2 aromatic rings. The largest absolute Gasteiger partial charge is 0.484 e. The normalized spacial score (nSPS) is 10.5. The SMILES string of the molecule is ClCCc1nnc(COc2cccc(Cl)c2)o1. The second-order valence-corrected chi connectivity index (χ2v) is 4.09. The van der Waals surface area contributed by atoms with Crippen molar-refractivity contribution in [3.63, 3.8) is 0 Å². The molecule has 0 radical (unpaired) electrons. The number of hydrogen-bond donors (Lipinski definition) is 0. The highest BCUT2D eigenvalue weighted by Crippen LogP contribution is 2.18. The van der Waals surface area contributed by atoms with Gasteiger partial charge < -0.3 is 9.15 Å². The van der Waals surface area contributed by atoms with Crippen LogP contribution in [-0.2, 0) is 13.0 Å². The van der Waals surface area contributed by atoms with Gasteiger partial charge in [-0.3, -0.25) is 0 Å². The monoisotopic (exact) mass is 272 g/mol. The van der Waals surface area contributed by atoms with E-state index in [2.05, 4.69) is 10.2 Å². The molecular weight excluding hydrogens is 263 g/mol. The molecule has 6 heteroatoms. The molecule has 4 nitrogen and oxygen atoms in total. The van der Waals surface area contributed by atoms with Gasteiger partial charge in [0.25, 0.3) is 5.89 Å². The predicted octanol–water partition coefficient (Wildman–Crippen LogP) is 3.08. The topological polar surface area (TPSA) is 48.2 Å². The second-order valence-electron chi connectivity index (χ2n) is 3.27. The molecule has 0 N–H and O–H groups in total. The third-order valence-electron chi connectivity index (χ3n) is 1.98. The molecule has 0 aliphatic heterocycles. The van der Waals surface area contributed by atoms with Gasteiger partial charge in [0.1, 0.15) is 5.75 Å². The molecule has 90 valence electrons. The Hall–Kier alpha value is -1.26. The third-order valence-corrected chi connectivity index (χ3v) is 2.40. The summed E-state index contributed by atoms with van der Waals surface area (Å²) >= 11 is 11.4. The van der Waals surface area contributed by atoms with E-state index in [9.17, 15) is 0 Å². The molecule has 0 amide bonds. The number of aromatic nitrogens is 2. The Labute approximate surface area is 109 Å². The van der Waals surface area contributed by atoms with Crippen molar-refractivity contribution in [2.24, 2.45) is 0 Å². The highest BCUT2D eigenvalue weighted by atomic mass is 35.5. The van der Waals surface area contributed by atoms with Crippen LogP contribution in [0.25, 0.3) is 0 Å². The third kappa shape index (κ3) is 3.61. The van der Waals surface area contributed by atoms with Crippen LogP contribution >= 0.6 is 23.2 Å². The molecule has 1 aromatic heterocycles. The molecule has 0 bridgehead atoms. The first kappa shape index (κ1) is 12.2. The van der Waals surface area contributed by atoms with Crippen molar-refractivity contribution in [3.05, 3.63) is 41.1 Å². The molecule has 0 aliphatic rings. The van der Waals surface area contributed by atoms with E-state index in [4.69, 9.17) is 32.4 Å². The number of nitrogens with zero attached hydrogens (tertiary/aromatic N) is 2. The lowest BCUT2D eigenvalue weighted by molar-refractivity contribution is 0.259. The quantitative estimate of drug-likeness (QED) is 0.785. The smallest absolute Gasteiger partial charge is 0.253 e. The van der Waals surface area contributed by atoms with Gasteiger partial charge in [0.05, 0.1) is 0 Å². The van der Waals surface area contributed by atoms with Gasteiger partial charge in [0.15, 0.2) is 6.61 Å². The van der Waals surface area contributed by atoms with Crippen LogP contribution in [0.3, 0.4) is 0 Å². The summed E-state index contributed by atoms with van der Waals surface area (Å²) < 4.78 is 10.8. The van der Waals surface area contributed by atoms with Crippen LogP contribution in [0.5, 0.6) is 5.75 Å². The van der Waals surface area contributed by atoms with Crippen molar-refractivity contribution >= 4 is 23.2 Å². The van der Waals surface area contributed by atoms with Crippen LogP contribution in [0.4, 0.5) is 0 Å². The molecule has 0 unspecified atom stereocenters. The van der Waals surface area contributed by atoms with E-state index >= 15 is 0 Å². The Morgan fingerprint density at radius 3 is 2.82 bits per heavy atom. The summed E-state index contributed by atoms with van der Waals surface area (Å²) in [6, 6.07) is 7.11. The number of alkyl halides is 1. The van der Waals surface area contributed by atoms with E-state index in [-0.39, 0.29) is 6.61 Å². The molecule has 2 rings (SSSR count). The van der Waals surface area contributed by atoms with E-state index in [0.717, 1.165) is 0 Å². The Morgan fingerprint density at radius 2 is 2.06 bits per heavy atom. The highest BCUT2D eigenvalue weighted by molar-refractivity contribution is 6.30. The maximum absolute atomic E-state index is 5.83. The number of halogens is 2. The minimum atomic E-state index is 0.218. The van der Waals surface area contributed by atoms with Gasteiger partial charge in [0, 0.05) is 17.3 Å². The Kier molecular flexibility index (Phi) is 4.23. The van der Waals surface area contributed by atoms with Gasteiger partial charge in [-0.15, -0.1) is 21.8 Å². The zero-order valence-electron chi connectivity index (χ0n) is 8.90. The molecule has 0 aliphatic carbocycles. The molecule has 0 atom stereocenters. The molecular formula is C11H10Cl2N2O2. The van der Waals surface area contributed by atoms with E-state index in [1.807, 2.05) is 12.1 Å². The number of aryl methyl sites for hydroxylation is 1. The average molecular weight is 273 g/mol. The van der Waals surface area contributed by atoms with Crippen molar-refractivity contribution in [2.45, 2.75) is 13.0 Å². The lowest BCUT2D eigenvalue weighted by Crippen LogP contribution is -1.95. The zero-order chi connectivity index (χ0) is 12.1. The van der Waals surface area contributed by atoms with Crippen LogP contribution in [0.15, 0.2) is 28.7 Å². The standard InChI is InChI=1S/C11H10Cl2N2O2/c12-5-4-10-14-15-11(17-10)7-16-9-3-1-2-8(13)6-9/h1-3,6H,4-5,7H2. The average Bonchev–Trinajstić information content (AvgIpc) is 2.75. The van der Waals surface area contributed by atoms with Crippen molar-refractivity contribution in [3.8, 4) is 5.75 Å². The first-order valence-corrected chi connectivity index (χ1v) is 5.95. The van der Waals surface area contributed by atoms with Crippen LogP contribution in [0.2, 0.25) is 5.02 Å². The zero-order valence-corrected chi connectivity index (χ0v) is 10.4. The minimum absolute atomic E-state index is 0.218. The Balaban J connectivity index is 1.93. The summed E-state index contributed by atoms with van der Waals surface area (Å²) in [5, 5.41) is 8.29. The van der Waals surface area contributed by atoms with Crippen molar-refractivity contribution in [1.82, 2.24) is 10.2 Å². The number of rotatable bonds is 5. The fourth-order valence-electron chi connectivity index (χ4n) is 1.23. The van der Waals surface area contributed by atoms with Gasteiger partial charge in [-0.25, -0.2) is 0 Å². The van der Waals surface area contributed by atoms with E-state index in [1.165, 1.54) is 0 Å². The molecule has 0 saturated heterocycles. The van der Waals surface area contributed by atoms with Gasteiger partial charge in [0.2, 0.25) is 5.89 Å². The summed E-state index contributed by atoms with van der Waals surface area (Å²) in [4.78, 5) is 0. The van der Waals surface area contributed by atoms with E-state index < -0.39 is 0 Å². The maximum Gasteiger partial charge on any atom is 0.253 e. The summed E-state index contributed by atoms with van der Waals surface area (Å²) in [6.07, 6.45) is 0.561. The Morgan fingerprint density at radius 1 is 1.24 bits per heavy atom. The van der Waals surface area contributed by atoms with Crippen LogP contribution in [-0.4, -0.2) is 16.1 Å². The molecule has 1 aromatic carbocycles. The molecule has 0 spiro atoms. The van der Waals surface area contributed by atoms with Gasteiger partial charge in [-0.2, -0.15) is 0 Å². The first-order chi connectivity index (χ1) is 8.28. The van der Waals surface area contributed by atoms with Crippen molar-refractivity contribution in [1.29, 1.82) is 0 Å². The van der Waals surface area contributed by atoms with Crippen LogP contribution in [0.1, 0.15) is 11.8 Å². The maximum atomic E-state index is 5.83. The number of ether oxygens (including phenoxy) is 1.